The van der Waals surface area contributed by atoms with Crippen LogP contribution in [0.2, 0.25) is 5.02 Å². The number of rotatable bonds is 6. The molecule has 1 heterocycles. The van der Waals surface area contributed by atoms with E-state index in [1.165, 1.54) is 7.11 Å². The number of fused-ring (bicyclic) bond motifs is 2. The van der Waals surface area contributed by atoms with Crippen LogP contribution in [0.3, 0.4) is 0 Å². The average Bonchev–Trinajstić information content (AvgIpc) is 3.06. The Morgan fingerprint density at radius 3 is 2.38 bits per heavy atom. The van der Waals surface area contributed by atoms with E-state index in [9.17, 15) is 9.59 Å². The highest BCUT2D eigenvalue weighted by Crippen LogP contribution is 2.50. The SMILES string of the molecule is CCOc1cc(OCC)c([C@H]2C(C(=O)OC)=C(C)NC3=C2C(=O)c2ccccc23)cc1Cl. The maximum absolute atomic E-state index is 13.5. The second kappa shape index (κ2) is 8.71. The molecule has 2 aromatic rings. The summed E-state index contributed by atoms with van der Waals surface area (Å²) in [6.07, 6.45) is 0. The fourth-order valence-electron chi connectivity index (χ4n) is 4.34. The number of Topliss-reactive ketones (excluding diaryl/α,β-unsaturated/α-hetero) is 1. The molecule has 0 radical (unpaired) electrons. The molecule has 1 atom stereocenters. The number of hydrogen-bond donors (Lipinski definition) is 1. The van der Waals surface area contributed by atoms with Crippen LogP contribution in [0.5, 0.6) is 11.5 Å². The predicted molar refractivity (Wildman–Crippen MR) is 122 cm³/mol. The number of halogens is 1. The van der Waals surface area contributed by atoms with Crippen LogP contribution in [0.15, 0.2) is 53.2 Å². The van der Waals surface area contributed by atoms with Gasteiger partial charge in [0, 0.05) is 34.0 Å². The third kappa shape index (κ3) is 3.45. The Morgan fingerprint density at radius 2 is 1.72 bits per heavy atom. The molecular weight excluding hydrogens is 430 g/mol. The van der Waals surface area contributed by atoms with E-state index in [0.29, 0.717) is 63.4 Å². The summed E-state index contributed by atoms with van der Waals surface area (Å²) in [5, 5.41) is 3.64. The first-order chi connectivity index (χ1) is 15.4. The highest BCUT2D eigenvalue weighted by molar-refractivity contribution is 6.32. The smallest absolute Gasteiger partial charge is 0.336 e. The van der Waals surface area contributed by atoms with Crippen LogP contribution in [-0.4, -0.2) is 32.1 Å². The lowest BCUT2D eigenvalue weighted by Crippen LogP contribution is -2.29. The number of carbonyl (C=O) groups is 2. The number of carbonyl (C=O) groups excluding carboxylic acids is 2. The average molecular weight is 454 g/mol. The molecule has 32 heavy (non-hydrogen) atoms. The summed E-state index contributed by atoms with van der Waals surface area (Å²) in [5.74, 6) is -0.409. The molecule has 0 fully saturated rings. The summed E-state index contributed by atoms with van der Waals surface area (Å²) >= 11 is 6.54. The van der Waals surface area contributed by atoms with Crippen molar-refractivity contribution in [3.8, 4) is 11.5 Å². The molecule has 0 saturated heterocycles. The Balaban J connectivity index is 1.99. The van der Waals surface area contributed by atoms with Gasteiger partial charge in [-0.15, -0.1) is 0 Å². The molecule has 1 aliphatic heterocycles. The number of methoxy groups -OCH3 is 1. The molecule has 0 bridgehead atoms. The molecule has 0 aromatic heterocycles. The summed E-state index contributed by atoms with van der Waals surface area (Å²) in [6, 6.07) is 10.8. The zero-order valence-electron chi connectivity index (χ0n) is 18.4. The van der Waals surface area contributed by atoms with E-state index in [2.05, 4.69) is 5.32 Å². The van der Waals surface area contributed by atoms with Crippen molar-refractivity contribution in [3.63, 3.8) is 0 Å². The van der Waals surface area contributed by atoms with Gasteiger partial charge in [0.15, 0.2) is 5.78 Å². The molecule has 1 aliphatic carbocycles. The molecule has 0 amide bonds. The summed E-state index contributed by atoms with van der Waals surface area (Å²) in [6.45, 7) is 6.36. The van der Waals surface area contributed by atoms with E-state index in [1.54, 1.807) is 25.1 Å². The van der Waals surface area contributed by atoms with E-state index >= 15 is 0 Å². The normalized spacial score (nSPS) is 17.0. The Morgan fingerprint density at radius 1 is 1.06 bits per heavy atom. The standard InChI is InChI=1S/C25H24ClNO5/c1-5-31-18-12-19(32-6-2)17(26)11-16(18)21-20(25(29)30-4)13(3)27-23-14-9-7-8-10-15(14)24(28)22(21)23/h7-12,21,27H,5-6H2,1-4H3/t21-/m0/s1. The Bertz CT molecular complexity index is 1180. The molecule has 0 spiro atoms. The molecule has 7 heteroatoms. The van der Waals surface area contributed by atoms with Gasteiger partial charge < -0.3 is 19.5 Å². The van der Waals surface area contributed by atoms with Crippen molar-refractivity contribution in [2.75, 3.05) is 20.3 Å². The van der Waals surface area contributed by atoms with Gasteiger partial charge >= 0.3 is 5.97 Å². The monoisotopic (exact) mass is 453 g/mol. The van der Waals surface area contributed by atoms with Gasteiger partial charge in [0.2, 0.25) is 0 Å². The van der Waals surface area contributed by atoms with Gasteiger partial charge in [-0.05, 0) is 26.8 Å². The fraction of sp³-hybridized carbons (Fsp3) is 0.280. The molecule has 2 aromatic carbocycles. The number of allylic oxidation sites excluding steroid dienone is 2. The lowest BCUT2D eigenvalue weighted by atomic mass is 9.79. The number of dihydropyridines is 1. The van der Waals surface area contributed by atoms with Crippen LogP contribution < -0.4 is 14.8 Å². The van der Waals surface area contributed by atoms with Crippen molar-refractivity contribution in [3.05, 3.63) is 75.0 Å². The molecule has 2 aliphatic rings. The van der Waals surface area contributed by atoms with E-state index in [-0.39, 0.29) is 5.78 Å². The van der Waals surface area contributed by atoms with Gasteiger partial charge in [-0.2, -0.15) is 0 Å². The largest absolute Gasteiger partial charge is 0.493 e. The topological polar surface area (TPSA) is 73.9 Å². The first-order valence-electron chi connectivity index (χ1n) is 10.5. The third-order valence-electron chi connectivity index (χ3n) is 5.63. The second-order valence-electron chi connectivity index (χ2n) is 7.44. The van der Waals surface area contributed by atoms with E-state index in [0.717, 1.165) is 5.56 Å². The maximum atomic E-state index is 13.5. The van der Waals surface area contributed by atoms with Crippen LogP contribution >= 0.6 is 11.6 Å². The minimum Gasteiger partial charge on any atom is -0.493 e. The van der Waals surface area contributed by atoms with Crippen molar-refractivity contribution in [2.24, 2.45) is 0 Å². The van der Waals surface area contributed by atoms with E-state index < -0.39 is 11.9 Å². The zero-order valence-corrected chi connectivity index (χ0v) is 19.1. The van der Waals surface area contributed by atoms with Gasteiger partial charge in [-0.25, -0.2) is 4.79 Å². The summed E-state index contributed by atoms with van der Waals surface area (Å²) in [7, 11) is 1.32. The van der Waals surface area contributed by atoms with Crippen LogP contribution in [0.4, 0.5) is 0 Å². The Hall–Kier alpha value is -3.25. The van der Waals surface area contributed by atoms with Crippen molar-refractivity contribution in [2.45, 2.75) is 26.7 Å². The minimum absolute atomic E-state index is 0.144. The van der Waals surface area contributed by atoms with E-state index in [4.69, 9.17) is 25.8 Å². The molecule has 6 nitrogen and oxygen atoms in total. The zero-order chi connectivity index (χ0) is 23.0. The lowest BCUT2D eigenvalue weighted by Gasteiger charge is -2.30. The molecule has 0 saturated carbocycles. The highest BCUT2D eigenvalue weighted by Gasteiger charge is 2.44. The summed E-state index contributed by atoms with van der Waals surface area (Å²) < 4.78 is 16.7. The minimum atomic E-state index is -0.715. The number of ketones is 1. The molecule has 0 unspecified atom stereocenters. The predicted octanol–water partition coefficient (Wildman–Crippen LogP) is 4.88. The van der Waals surface area contributed by atoms with Crippen molar-refractivity contribution in [1.29, 1.82) is 0 Å². The number of benzene rings is 2. The number of nitrogens with one attached hydrogen (secondary N) is 1. The van der Waals surface area contributed by atoms with Crippen molar-refractivity contribution in [1.82, 2.24) is 5.32 Å². The molecule has 1 N–H and O–H groups in total. The molecular formula is C25H24ClNO5. The van der Waals surface area contributed by atoms with Gasteiger partial charge in [-0.3, -0.25) is 4.79 Å². The van der Waals surface area contributed by atoms with Crippen LogP contribution in [0.1, 0.15) is 48.2 Å². The Labute approximate surface area is 191 Å². The third-order valence-corrected chi connectivity index (χ3v) is 5.92. The molecule has 166 valence electrons. The van der Waals surface area contributed by atoms with Gasteiger partial charge in [-0.1, -0.05) is 35.9 Å². The van der Waals surface area contributed by atoms with Crippen molar-refractivity contribution < 1.29 is 23.8 Å². The van der Waals surface area contributed by atoms with Gasteiger partial charge in [0.05, 0.1) is 42.5 Å². The number of esters is 1. The second-order valence-corrected chi connectivity index (χ2v) is 7.85. The molecule has 4 rings (SSSR count). The quantitative estimate of drug-likeness (QED) is 0.628. The van der Waals surface area contributed by atoms with Crippen molar-refractivity contribution >= 4 is 29.1 Å². The Kier molecular flexibility index (Phi) is 5.98. The highest BCUT2D eigenvalue weighted by atomic mass is 35.5. The summed E-state index contributed by atoms with van der Waals surface area (Å²) in [4.78, 5) is 26.4. The first-order valence-corrected chi connectivity index (χ1v) is 10.8. The van der Waals surface area contributed by atoms with Crippen LogP contribution in [0.25, 0.3) is 5.70 Å². The van der Waals surface area contributed by atoms with Crippen LogP contribution in [0, 0.1) is 0 Å². The maximum Gasteiger partial charge on any atom is 0.336 e. The fourth-order valence-corrected chi connectivity index (χ4v) is 4.57. The van der Waals surface area contributed by atoms with E-state index in [1.807, 2.05) is 32.0 Å². The summed E-state index contributed by atoms with van der Waals surface area (Å²) in [5.41, 5.74) is 4.10. The number of ether oxygens (including phenoxy) is 3. The first kappa shape index (κ1) is 22.0. The van der Waals surface area contributed by atoms with Gasteiger partial charge in [0.25, 0.3) is 0 Å². The van der Waals surface area contributed by atoms with Gasteiger partial charge in [0.1, 0.15) is 11.5 Å². The lowest BCUT2D eigenvalue weighted by molar-refractivity contribution is -0.136. The van der Waals surface area contributed by atoms with Crippen LogP contribution in [-0.2, 0) is 9.53 Å². The number of hydrogen-bond acceptors (Lipinski definition) is 6.